The first-order valence-corrected chi connectivity index (χ1v) is 7.60. The van der Waals surface area contributed by atoms with Crippen molar-refractivity contribution in [3.8, 4) is 0 Å². The zero-order valence-electron chi connectivity index (χ0n) is 11.6. The predicted octanol–water partition coefficient (Wildman–Crippen LogP) is 3.50. The highest BCUT2D eigenvalue weighted by Gasteiger charge is 2.09. The largest absolute Gasteiger partial charge is 0.325 e. The molecule has 110 valence electrons. The Balaban J connectivity index is 1.89. The zero-order valence-corrected chi connectivity index (χ0v) is 13.8. The van der Waals surface area contributed by atoms with Crippen LogP contribution in [0.2, 0.25) is 0 Å². The molecule has 1 N–H and O–H groups in total. The van der Waals surface area contributed by atoms with Crippen molar-refractivity contribution in [1.82, 2.24) is 4.90 Å². The van der Waals surface area contributed by atoms with Crippen LogP contribution in [-0.2, 0) is 11.3 Å². The Kier molecular flexibility index (Phi) is 5.69. The minimum atomic E-state index is -0.248. The maximum absolute atomic E-state index is 13.6. The van der Waals surface area contributed by atoms with Crippen molar-refractivity contribution in [3.05, 3.63) is 63.5 Å². The molecule has 0 unspecified atom stereocenters. The molecule has 0 fully saturated rings. The second-order valence-corrected chi connectivity index (χ2v) is 6.07. The predicted molar refractivity (Wildman–Crippen MR) is 90.5 cm³/mol. The number of carbonyl (C=O) groups is 1. The van der Waals surface area contributed by atoms with Gasteiger partial charge in [0.1, 0.15) is 5.82 Å². The molecule has 0 heterocycles. The molecule has 0 aliphatic rings. The van der Waals surface area contributed by atoms with Gasteiger partial charge >= 0.3 is 0 Å². The molecule has 2 aromatic rings. The molecule has 3 nitrogen and oxygen atoms in total. The third-order valence-corrected chi connectivity index (χ3v) is 3.59. The Bertz CT molecular complexity index is 633. The van der Waals surface area contributed by atoms with Crippen molar-refractivity contribution in [2.24, 2.45) is 0 Å². The van der Waals surface area contributed by atoms with Crippen LogP contribution in [0.4, 0.5) is 10.1 Å². The number of anilines is 1. The van der Waals surface area contributed by atoms with Crippen LogP contribution in [0.3, 0.4) is 0 Å². The summed E-state index contributed by atoms with van der Waals surface area (Å²) in [7, 11) is 1.79. The summed E-state index contributed by atoms with van der Waals surface area (Å²) in [5.41, 5.74) is 1.35. The van der Waals surface area contributed by atoms with E-state index >= 15 is 0 Å². The summed E-state index contributed by atoms with van der Waals surface area (Å²) in [6.07, 6.45) is 0. The SMILES string of the molecule is CN(CC(=O)Nc1cccc(I)c1)Cc1ccccc1F. The standard InChI is InChI=1S/C16H16FIN2O/c1-20(10-12-5-2-3-8-15(12)17)11-16(21)19-14-7-4-6-13(18)9-14/h2-9H,10-11H2,1H3,(H,19,21). The molecule has 0 bridgehead atoms. The number of halogens is 2. The van der Waals surface area contributed by atoms with Gasteiger partial charge in [0.2, 0.25) is 5.91 Å². The van der Waals surface area contributed by atoms with Crippen LogP contribution in [0.5, 0.6) is 0 Å². The normalized spacial score (nSPS) is 10.7. The van der Waals surface area contributed by atoms with Gasteiger partial charge in [-0.3, -0.25) is 9.69 Å². The molecule has 0 spiro atoms. The van der Waals surface area contributed by atoms with Gasteiger partial charge in [0.15, 0.2) is 0 Å². The highest BCUT2D eigenvalue weighted by atomic mass is 127. The van der Waals surface area contributed by atoms with Crippen molar-refractivity contribution < 1.29 is 9.18 Å². The van der Waals surface area contributed by atoms with Crippen LogP contribution in [0.1, 0.15) is 5.56 Å². The summed E-state index contributed by atoms with van der Waals surface area (Å²) in [6, 6.07) is 14.2. The molecule has 0 saturated heterocycles. The van der Waals surface area contributed by atoms with E-state index in [2.05, 4.69) is 27.9 Å². The van der Waals surface area contributed by atoms with Crippen molar-refractivity contribution in [2.75, 3.05) is 18.9 Å². The molecule has 2 aromatic carbocycles. The summed E-state index contributed by atoms with van der Waals surface area (Å²) < 4.78 is 14.6. The molecule has 1 amide bonds. The van der Waals surface area contributed by atoms with E-state index in [0.717, 1.165) is 9.26 Å². The lowest BCUT2D eigenvalue weighted by molar-refractivity contribution is -0.117. The Hall–Kier alpha value is -1.47. The quantitative estimate of drug-likeness (QED) is 0.783. The van der Waals surface area contributed by atoms with Crippen molar-refractivity contribution in [2.45, 2.75) is 6.54 Å². The lowest BCUT2D eigenvalue weighted by Gasteiger charge is -2.16. The number of carbonyl (C=O) groups excluding carboxylic acids is 1. The summed E-state index contributed by atoms with van der Waals surface area (Å²) in [4.78, 5) is 13.7. The monoisotopic (exact) mass is 398 g/mol. The van der Waals surface area contributed by atoms with Crippen LogP contribution in [-0.4, -0.2) is 24.4 Å². The summed E-state index contributed by atoms with van der Waals surface area (Å²) in [6.45, 7) is 0.603. The van der Waals surface area contributed by atoms with E-state index in [1.54, 1.807) is 30.1 Å². The number of hydrogen-bond donors (Lipinski definition) is 1. The first-order valence-electron chi connectivity index (χ1n) is 6.52. The molecule has 0 aromatic heterocycles. The topological polar surface area (TPSA) is 32.3 Å². The molecule has 0 aliphatic heterocycles. The third kappa shape index (κ3) is 5.09. The first-order chi connectivity index (χ1) is 10.0. The fraction of sp³-hybridized carbons (Fsp3) is 0.188. The van der Waals surface area contributed by atoms with E-state index in [1.807, 2.05) is 24.3 Å². The highest BCUT2D eigenvalue weighted by Crippen LogP contribution is 2.13. The maximum Gasteiger partial charge on any atom is 0.238 e. The van der Waals surface area contributed by atoms with E-state index in [9.17, 15) is 9.18 Å². The molecular weight excluding hydrogens is 382 g/mol. The van der Waals surface area contributed by atoms with Gasteiger partial charge in [-0.15, -0.1) is 0 Å². The van der Waals surface area contributed by atoms with Gasteiger partial charge in [-0.2, -0.15) is 0 Å². The van der Waals surface area contributed by atoms with E-state index in [1.165, 1.54) is 6.07 Å². The molecule has 0 aliphatic carbocycles. The average molecular weight is 398 g/mol. The smallest absolute Gasteiger partial charge is 0.238 e. The van der Waals surface area contributed by atoms with Crippen LogP contribution in [0, 0.1) is 9.39 Å². The van der Waals surface area contributed by atoms with Crippen LogP contribution in [0.25, 0.3) is 0 Å². The summed E-state index contributed by atoms with van der Waals surface area (Å²) in [5, 5.41) is 2.83. The van der Waals surface area contributed by atoms with Gasteiger partial charge in [0.05, 0.1) is 6.54 Å². The Morgan fingerprint density at radius 1 is 1.24 bits per heavy atom. The van der Waals surface area contributed by atoms with E-state index in [0.29, 0.717) is 12.1 Å². The fourth-order valence-corrected chi connectivity index (χ4v) is 2.53. The van der Waals surface area contributed by atoms with Gasteiger partial charge in [-0.1, -0.05) is 24.3 Å². The third-order valence-electron chi connectivity index (χ3n) is 2.92. The van der Waals surface area contributed by atoms with Gasteiger partial charge in [-0.25, -0.2) is 4.39 Å². The number of nitrogens with one attached hydrogen (secondary N) is 1. The fourth-order valence-electron chi connectivity index (χ4n) is 1.99. The zero-order chi connectivity index (χ0) is 15.2. The molecule has 0 atom stereocenters. The molecule has 21 heavy (non-hydrogen) atoms. The average Bonchev–Trinajstić information content (AvgIpc) is 2.41. The second kappa shape index (κ2) is 7.51. The van der Waals surface area contributed by atoms with Gasteiger partial charge in [-0.05, 0) is 53.9 Å². The summed E-state index contributed by atoms with van der Waals surface area (Å²) >= 11 is 2.19. The van der Waals surface area contributed by atoms with Crippen molar-refractivity contribution in [1.29, 1.82) is 0 Å². The number of rotatable bonds is 5. The van der Waals surface area contributed by atoms with Crippen molar-refractivity contribution in [3.63, 3.8) is 0 Å². The summed E-state index contributed by atoms with van der Waals surface area (Å²) in [5.74, 6) is -0.363. The molecule has 0 radical (unpaired) electrons. The lowest BCUT2D eigenvalue weighted by Crippen LogP contribution is -2.30. The lowest BCUT2D eigenvalue weighted by atomic mass is 10.2. The molecule has 5 heteroatoms. The first kappa shape index (κ1) is 15.9. The van der Waals surface area contributed by atoms with Crippen molar-refractivity contribution >= 4 is 34.2 Å². The van der Waals surface area contributed by atoms with Gasteiger partial charge < -0.3 is 5.32 Å². The van der Waals surface area contributed by atoms with Crippen LogP contribution in [0.15, 0.2) is 48.5 Å². The Labute approximate surface area is 137 Å². The second-order valence-electron chi connectivity index (χ2n) is 4.82. The minimum absolute atomic E-state index is 0.115. The molecule has 2 rings (SSSR count). The Morgan fingerprint density at radius 2 is 2.00 bits per heavy atom. The maximum atomic E-state index is 13.6. The van der Waals surface area contributed by atoms with E-state index in [4.69, 9.17) is 0 Å². The van der Waals surface area contributed by atoms with Crippen LogP contribution >= 0.6 is 22.6 Å². The highest BCUT2D eigenvalue weighted by molar-refractivity contribution is 14.1. The number of amides is 1. The number of nitrogens with zero attached hydrogens (tertiary/aromatic N) is 1. The van der Waals surface area contributed by atoms with Crippen LogP contribution < -0.4 is 5.32 Å². The Morgan fingerprint density at radius 3 is 2.71 bits per heavy atom. The molecular formula is C16H16FIN2O. The molecule has 0 saturated carbocycles. The number of hydrogen-bond acceptors (Lipinski definition) is 2. The minimum Gasteiger partial charge on any atom is -0.325 e. The van der Waals surface area contributed by atoms with E-state index < -0.39 is 0 Å². The van der Waals surface area contributed by atoms with Gasteiger partial charge in [0.25, 0.3) is 0 Å². The number of benzene rings is 2. The van der Waals surface area contributed by atoms with Gasteiger partial charge in [0, 0.05) is 21.4 Å². The van der Waals surface area contributed by atoms with E-state index in [-0.39, 0.29) is 18.3 Å². The number of likely N-dealkylation sites (N-methyl/N-ethyl adjacent to an activating group) is 1.